The van der Waals surface area contributed by atoms with Gasteiger partial charge in [0.05, 0.1) is 12.2 Å². The molecular weight excluding hydrogens is 408 g/mol. The van der Waals surface area contributed by atoms with E-state index in [1.807, 2.05) is 0 Å². The Kier molecular flexibility index (Phi) is 9.56. The number of alkyl halides is 1. The number of halogens is 1. The Bertz CT molecular complexity index is 536. The summed E-state index contributed by atoms with van der Waals surface area (Å²) < 4.78 is 5.41. The second kappa shape index (κ2) is 11.5. The van der Waals surface area contributed by atoms with Gasteiger partial charge >= 0.3 is 0 Å². The highest BCUT2D eigenvalue weighted by molar-refractivity contribution is 6.20. The maximum atomic E-state index is 10.3. The number of aliphatic hydroxyl groups is 1. The fraction of sp³-hybridized carbons (Fsp3) is 1.00. The zero-order chi connectivity index (χ0) is 22.6. The smallest absolute Gasteiger partial charge is 0.0830 e. The number of aliphatic hydroxyl groups excluding tert-OH is 1. The second-order valence-corrected chi connectivity index (χ2v) is 12.5. The van der Waals surface area contributed by atoms with E-state index in [1.165, 1.54) is 45.2 Å². The summed E-state index contributed by atoms with van der Waals surface area (Å²) in [6.45, 7) is 14.3. The molecule has 31 heavy (non-hydrogen) atoms. The summed E-state index contributed by atoms with van der Waals surface area (Å²) in [5.41, 5.74) is 0.381. The fourth-order valence-electron chi connectivity index (χ4n) is 6.77. The van der Waals surface area contributed by atoms with E-state index in [2.05, 4.69) is 37.9 Å². The average molecular weight is 457 g/mol. The molecule has 0 spiro atoms. The highest BCUT2D eigenvalue weighted by Crippen LogP contribution is 2.45. The number of hydrogen-bond acceptors (Lipinski definition) is 4. The van der Waals surface area contributed by atoms with Gasteiger partial charge < -0.3 is 20.1 Å². The van der Waals surface area contributed by atoms with Crippen molar-refractivity contribution in [1.29, 1.82) is 0 Å². The van der Waals surface area contributed by atoms with E-state index < -0.39 is 0 Å². The zero-order valence-electron chi connectivity index (χ0n) is 20.8. The molecule has 3 unspecified atom stereocenters. The van der Waals surface area contributed by atoms with Crippen molar-refractivity contribution in [3.8, 4) is 0 Å². The number of piperidine rings is 1. The van der Waals surface area contributed by atoms with Gasteiger partial charge in [-0.25, -0.2) is 0 Å². The molecule has 5 heteroatoms. The summed E-state index contributed by atoms with van der Waals surface area (Å²) in [7, 11) is 1.72. The maximum absolute atomic E-state index is 10.3. The van der Waals surface area contributed by atoms with Crippen LogP contribution in [0.25, 0.3) is 0 Å². The molecule has 2 N–H and O–H groups in total. The van der Waals surface area contributed by atoms with Gasteiger partial charge in [0.25, 0.3) is 0 Å². The van der Waals surface area contributed by atoms with Crippen molar-refractivity contribution in [1.82, 2.24) is 10.2 Å². The molecule has 3 rings (SSSR count). The Labute approximate surface area is 196 Å². The van der Waals surface area contributed by atoms with Crippen molar-refractivity contribution < 1.29 is 9.84 Å². The predicted molar refractivity (Wildman–Crippen MR) is 131 cm³/mol. The molecule has 2 saturated carbocycles. The molecule has 1 aliphatic heterocycles. The normalized spacial score (nSPS) is 38.3. The topological polar surface area (TPSA) is 44.7 Å². The first kappa shape index (κ1) is 25.7. The van der Waals surface area contributed by atoms with Crippen molar-refractivity contribution in [3.63, 3.8) is 0 Å². The molecular formula is C26H49ClN2O2. The van der Waals surface area contributed by atoms with Crippen molar-refractivity contribution in [2.75, 3.05) is 33.3 Å². The standard InChI is InChI=1S/C26H49ClN2O2/c1-18(2)23(28-15-19-6-11-25(31-5)24(30)14-19)16-29-13-12-22(26(3,4)17-29)20-7-9-21(27)10-8-20/h18-25,28,30H,6-17H2,1-5H3/t19?,20?,21?,22-,23+,24?,25?/m1/s1. The predicted octanol–water partition coefficient (Wildman–Crippen LogP) is 4.92. The molecule has 3 fully saturated rings. The van der Waals surface area contributed by atoms with Crippen LogP contribution in [-0.4, -0.2) is 66.9 Å². The first-order valence-electron chi connectivity index (χ1n) is 13.0. The minimum Gasteiger partial charge on any atom is -0.390 e. The monoisotopic (exact) mass is 456 g/mol. The summed E-state index contributed by atoms with van der Waals surface area (Å²) in [6, 6.07) is 0.510. The van der Waals surface area contributed by atoms with Crippen LogP contribution in [0.3, 0.4) is 0 Å². The van der Waals surface area contributed by atoms with Crippen molar-refractivity contribution in [2.24, 2.45) is 29.1 Å². The number of nitrogens with one attached hydrogen (secondary N) is 1. The largest absolute Gasteiger partial charge is 0.390 e. The van der Waals surface area contributed by atoms with Crippen molar-refractivity contribution >= 4 is 11.6 Å². The Morgan fingerprint density at radius 1 is 1.10 bits per heavy atom. The lowest BCUT2D eigenvalue weighted by Gasteiger charge is -2.49. The first-order chi connectivity index (χ1) is 14.7. The second-order valence-electron chi connectivity index (χ2n) is 11.9. The molecule has 182 valence electrons. The van der Waals surface area contributed by atoms with Crippen LogP contribution in [0.15, 0.2) is 0 Å². The lowest BCUT2D eigenvalue weighted by Crippen LogP contribution is -2.53. The summed E-state index contributed by atoms with van der Waals surface area (Å²) in [4.78, 5) is 2.72. The molecule has 0 aromatic carbocycles. The number of ether oxygens (including phenoxy) is 1. The molecule has 0 bridgehead atoms. The minimum absolute atomic E-state index is 0.0279. The quantitative estimate of drug-likeness (QED) is 0.508. The molecule has 2 aliphatic carbocycles. The first-order valence-corrected chi connectivity index (χ1v) is 13.4. The van der Waals surface area contributed by atoms with Gasteiger partial charge in [0.1, 0.15) is 0 Å². The Morgan fingerprint density at radius 3 is 2.39 bits per heavy atom. The summed E-state index contributed by atoms with van der Waals surface area (Å²) >= 11 is 6.37. The molecule has 0 radical (unpaired) electrons. The van der Waals surface area contributed by atoms with Crippen molar-refractivity contribution in [3.05, 3.63) is 0 Å². The zero-order valence-corrected chi connectivity index (χ0v) is 21.5. The van der Waals surface area contributed by atoms with E-state index in [4.69, 9.17) is 16.3 Å². The van der Waals surface area contributed by atoms with Gasteiger partial charge in [-0.2, -0.15) is 0 Å². The molecule has 3 aliphatic rings. The third-order valence-corrected chi connectivity index (χ3v) is 9.19. The van der Waals surface area contributed by atoms with E-state index in [9.17, 15) is 5.11 Å². The van der Waals surface area contributed by atoms with Gasteiger partial charge in [-0.05, 0) is 93.5 Å². The van der Waals surface area contributed by atoms with Crippen LogP contribution < -0.4 is 5.32 Å². The summed E-state index contributed by atoms with van der Waals surface area (Å²) in [6.07, 6.45) is 9.12. The van der Waals surface area contributed by atoms with Crippen LogP contribution in [0.4, 0.5) is 0 Å². The molecule has 1 heterocycles. The van der Waals surface area contributed by atoms with Crippen LogP contribution in [-0.2, 0) is 4.74 Å². The van der Waals surface area contributed by atoms with Gasteiger partial charge in [0, 0.05) is 31.6 Å². The van der Waals surface area contributed by atoms with E-state index in [1.54, 1.807) is 7.11 Å². The lowest BCUT2D eigenvalue weighted by atomic mass is 9.64. The Balaban J connectivity index is 1.48. The Hall–Kier alpha value is 0.130. The number of nitrogens with zero attached hydrogens (tertiary/aromatic N) is 1. The third kappa shape index (κ3) is 7.06. The number of hydrogen-bond donors (Lipinski definition) is 2. The molecule has 0 amide bonds. The average Bonchev–Trinajstić information content (AvgIpc) is 2.71. The number of likely N-dealkylation sites (tertiary alicyclic amines) is 1. The van der Waals surface area contributed by atoms with Crippen LogP contribution in [0, 0.1) is 29.1 Å². The summed E-state index contributed by atoms with van der Waals surface area (Å²) in [5.74, 6) is 2.89. The lowest BCUT2D eigenvalue weighted by molar-refractivity contribution is -0.0500. The van der Waals surface area contributed by atoms with E-state index in [-0.39, 0.29) is 12.2 Å². The third-order valence-electron chi connectivity index (χ3n) is 8.76. The van der Waals surface area contributed by atoms with Gasteiger partial charge in [0.15, 0.2) is 0 Å². The molecule has 0 aromatic heterocycles. The van der Waals surface area contributed by atoms with Gasteiger partial charge in [-0.3, -0.25) is 0 Å². The van der Waals surface area contributed by atoms with Crippen LogP contribution >= 0.6 is 11.6 Å². The minimum atomic E-state index is -0.309. The number of methoxy groups -OCH3 is 1. The molecule has 0 aromatic rings. The molecule has 4 nitrogen and oxygen atoms in total. The van der Waals surface area contributed by atoms with Crippen molar-refractivity contribution in [2.45, 2.75) is 103 Å². The SMILES string of the molecule is COC1CCC(CN[C@@H](CN2CC[C@H](C3CCC(Cl)CC3)C(C)(C)C2)C(C)C)CC1O. The van der Waals surface area contributed by atoms with E-state index in [0.717, 1.165) is 44.2 Å². The van der Waals surface area contributed by atoms with Gasteiger partial charge in [-0.15, -0.1) is 11.6 Å². The number of rotatable bonds is 8. The van der Waals surface area contributed by atoms with Crippen LogP contribution in [0.2, 0.25) is 0 Å². The Morgan fingerprint density at radius 2 is 1.81 bits per heavy atom. The van der Waals surface area contributed by atoms with Crippen LogP contribution in [0.5, 0.6) is 0 Å². The van der Waals surface area contributed by atoms with E-state index >= 15 is 0 Å². The molecule has 5 atom stereocenters. The van der Waals surface area contributed by atoms with Crippen LogP contribution in [0.1, 0.15) is 79.1 Å². The maximum Gasteiger partial charge on any atom is 0.0830 e. The fourth-order valence-corrected chi connectivity index (χ4v) is 7.02. The van der Waals surface area contributed by atoms with Gasteiger partial charge in [-0.1, -0.05) is 27.7 Å². The van der Waals surface area contributed by atoms with Gasteiger partial charge in [0.2, 0.25) is 0 Å². The molecule has 1 saturated heterocycles. The summed E-state index contributed by atoms with van der Waals surface area (Å²) in [5, 5.41) is 14.6. The highest BCUT2D eigenvalue weighted by atomic mass is 35.5. The highest BCUT2D eigenvalue weighted by Gasteiger charge is 2.41. The van der Waals surface area contributed by atoms with E-state index in [0.29, 0.717) is 28.7 Å².